The molecule has 8 heteroatoms. The van der Waals surface area contributed by atoms with Crippen molar-refractivity contribution in [3.8, 4) is 0 Å². The number of amides is 3. The van der Waals surface area contributed by atoms with Gasteiger partial charge in [-0.3, -0.25) is 10.1 Å². The Morgan fingerprint density at radius 3 is 2.80 bits per heavy atom. The van der Waals surface area contributed by atoms with Gasteiger partial charge < -0.3 is 10.4 Å². The fourth-order valence-corrected chi connectivity index (χ4v) is 1.67. The van der Waals surface area contributed by atoms with Crippen LogP contribution >= 0.6 is 0 Å². The lowest BCUT2D eigenvalue weighted by molar-refractivity contribution is -0.116. The van der Waals surface area contributed by atoms with Crippen LogP contribution in [0.4, 0.5) is 10.5 Å². The molecule has 1 heterocycles. The first-order chi connectivity index (χ1) is 9.51. The monoisotopic (exact) mass is 276 g/mol. The number of hydrazone groups is 1. The molecule has 0 unspecified atom stereocenters. The summed E-state index contributed by atoms with van der Waals surface area (Å²) in [7, 11) is 1.45. The molecule has 20 heavy (non-hydrogen) atoms. The number of carboxylic acid groups (broad SMARTS) is 1. The number of carboxylic acids is 1. The highest BCUT2D eigenvalue weighted by Crippen LogP contribution is 2.21. The Bertz CT molecular complexity index is 611. The lowest BCUT2D eigenvalue weighted by Gasteiger charge is -2.11. The zero-order valence-electron chi connectivity index (χ0n) is 10.6. The molecule has 1 aromatic carbocycles. The Hall–Kier alpha value is -2.90. The molecule has 0 radical (unpaired) electrons. The zero-order chi connectivity index (χ0) is 14.7. The summed E-state index contributed by atoms with van der Waals surface area (Å²) >= 11 is 0. The molecular formula is C12H12N4O4. The number of aromatic carboxylic acids is 1. The number of carbonyl (C=O) groups excluding carboxylic acids is 2. The third-order valence-electron chi connectivity index (χ3n) is 2.60. The molecule has 8 nitrogen and oxygen atoms in total. The number of nitrogens with one attached hydrogen (secondary N) is 2. The number of benzene rings is 1. The second-order valence-electron chi connectivity index (χ2n) is 3.99. The maximum absolute atomic E-state index is 11.8. The third-order valence-corrected chi connectivity index (χ3v) is 2.60. The summed E-state index contributed by atoms with van der Waals surface area (Å²) in [6.07, 6.45) is -0.0509. The van der Waals surface area contributed by atoms with E-state index in [2.05, 4.69) is 15.7 Å². The maximum Gasteiger partial charge on any atom is 0.335 e. The Morgan fingerprint density at radius 1 is 1.40 bits per heavy atom. The van der Waals surface area contributed by atoms with Gasteiger partial charge in [0.15, 0.2) is 0 Å². The third kappa shape index (κ3) is 2.74. The van der Waals surface area contributed by atoms with E-state index >= 15 is 0 Å². The van der Waals surface area contributed by atoms with Crippen molar-refractivity contribution in [2.75, 3.05) is 12.1 Å². The van der Waals surface area contributed by atoms with Gasteiger partial charge in [0, 0.05) is 7.05 Å². The van der Waals surface area contributed by atoms with Crippen molar-refractivity contribution >= 4 is 29.4 Å². The van der Waals surface area contributed by atoms with Gasteiger partial charge >= 0.3 is 12.0 Å². The predicted octanol–water partition coefficient (Wildman–Crippen LogP) is 0.364. The highest BCUT2D eigenvalue weighted by molar-refractivity contribution is 6.15. The van der Waals surface area contributed by atoms with Crippen LogP contribution in [0.3, 0.4) is 0 Å². The molecule has 0 atom stereocenters. The van der Waals surface area contributed by atoms with Crippen molar-refractivity contribution in [1.29, 1.82) is 0 Å². The van der Waals surface area contributed by atoms with E-state index < -0.39 is 12.0 Å². The minimum Gasteiger partial charge on any atom is -0.478 e. The largest absolute Gasteiger partial charge is 0.478 e. The van der Waals surface area contributed by atoms with Crippen molar-refractivity contribution in [3.63, 3.8) is 0 Å². The Morgan fingerprint density at radius 2 is 2.15 bits per heavy atom. The number of carbonyl (C=O) groups is 3. The topological polar surface area (TPSA) is 111 Å². The molecule has 0 aliphatic carbocycles. The molecule has 0 aromatic heterocycles. The first kappa shape index (κ1) is 13.5. The van der Waals surface area contributed by atoms with E-state index in [0.29, 0.717) is 5.69 Å². The molecule has 2 rings (SSSR count). The van der Waals surface area contributed by atoms with E-state index in [0.717, 1.165) is 5.01 Å². The Labute approximate surface area is 114 Å². The number of nitrogens with zero attached hydrogens (tertiary/aromatic N) is 2. The molecule has 0 spiro atoms. The Kier molecular flexibility index (Phi) is 3.65. The molecule has 0 saturated carbocycles. The van der Waals surface area contributed by atoms with Crippen LogP contribution in [0, 0.1) is 0 Å². The molecule has 104 valence electrons. The number of hydrogen-bond acceptors (Lipinski definition) is 4. The lowest BCUT2D eigenvalue weighted by atomic mass is 10.2. The van der Waals surface area contributed by atoms with Crippen LogP contribution in [-0.4, -0.2) is 35.9 Å². The molecule has 1 aromatic rings. The van der Waals surface area contributed by atoms with Gasteiger partial charge in [-0.2, -0.15) is 10.1 Å². The van der Waals surface area contributed by atoms with E-state index in [-0.39, 0.29) is 23.7 Å². The number of hydrogen-bond donors (Lipinski definition) is 3. The predicted molar refractivity (Wildman–Crippen MR) is 70.5 cm³/mol. The average molecular weight is 276 g/mol. The highest BCUT2D eigenvalue weighted by atomic mass is 16.4. The van der Waals surface area contributed by atoms with Crippen LogP contribution in [0.2, 0.25) is 0 Å². The van der Waals surface area contributed by atoms with Crippen LogP contribution in [-0.2, 0) is 4.79 Å². The molecule has 1 aliphatic heterocycles. The number of anilines is 1. The molecule has 0 saturated heterocycles. The normalized spacial score (nSPS) is 13.9. The van der Waals surface area contributed by atoms with Crippen LogP contribution in [0.1, 0.15) is 16.8 Å². The quantitative estimate of drug-likeness (QED) is 0.724. The van der Waals surface area contributed by atoms with Gasteiger partial charge in [0.2, 0.25) is 0 Å². The zero-order valence-corrected chi connectivity index (χ0v) is 10.6. The van der Waals surface area contributed by atoms with Crippen LogP contribution in [0.25, 0.3) is 0 Å². The first-order valence-corrected chi connectivity index (χ1v) is 5.74. The van der Waals surface area contributed by atoms with Crippen molar-refractivity contribution in [2.45, 2.75) is 6.42 Å². The molecule has 0 fully saturated rings. The highest BCUT2D eigenvalue weighted by Gasteiger charge is 2.26. The number of rotatable bonds is 2. The summed E-state index contributed by atoms with van der Waals surface area (Å²) in [6.45, 7) is 0. The summed E-state index contributed by atoms with van der Waals surface area (Å²) in [5, 5.41) is 18.7. The maximum atomic E-state index is 11.8. The van der Waals surface area contributed by atoms with E-state index in [1.54, 1.807) is 6.07 Å². The van der Waals surface area contributed by atoms with Gasteiger partial charge in [-0.1, -0.05) is 6.07 Å². The van der Waals surface area contributed by atoms with E-state index in [1.165, 1.54) is 25.2 Å². The fraction of sp³-hybridized carbons (Fsp3) is 0.167. The van der Waals surface area contributed by atoms with Crippen LogP contribution < -0.4 is 15.6 Å². The lowest BCUT2D eigenvalue weighted by Crippen LogP contribution is -2.36. The summed E-state index contributed by atoms with van der Waals surface area (Å²) in [6, 6.07) is 5.37. The van der Waals surface area contributed by atoms with Gasteiger partial charge in [0.05, 0.1) is 17.7 Å². The number of amidine groups is 1. The minimum atomic E-state index is -1.09. The molecule has 3 N–H and O–H groups in total. The van der Waals surface area contributed by atoms with Crippen LogP contribution in [0.5, 0.6) is 0 Å². The van der Waals surface area contributed by atoms with Gasteiger partial charge in [-0.05, 0) is 18.2 Å². The van der Waals surface area contributed by atoms with Crippen LogP contribution in [0.15, 0.2) is 29.4 Å². The second-order valence-corrected chi connectivity index (χ2v) is 3.99. The van der Waals surface area contributed by atoms with Gasteiger partial charge in [0.25, 0.3) is 5.91 Å². The SMILES string of the molecule is CNC(=O)NC1=NN(c2cccc(C(=O)O)c2)C(=O)C1. The summed E-state index contributed by atoms with van der Waals surface area (Å²) in [5.74, 6) is -1.24. The van der Waals surface area contributed by atoms with Gasteiger partial charge in [-0.15, -0.1) is 0 Å². The number of urea groups is 1. The van der Waals surface area contributed by atoms with Crippen molar-refractivity contribution in [3.05, 3.63) is 29.8 Å². The fourth-order valence-electron chi connectivity index (χ4n) is 1.67. The minimum absolute atomic E-state index is 0.0509. The van der Waals surface area contributed by atoms with Crippen molar-refractivity contribution < 1.29 is 19.5 Å². The molecule has 1 aliphatic rings. The van der Waals surface area contributed by atoms with Crippen molar-refractivity contribution in [1.82, 2.24) is 10.6 Å². The molecule has 0 bridgehead atoms. The van der Waals surface area contributed by atoms with E-state index in [1.807, 2.05) is 0 Å². The Balaban J connectivity index is 2.24. The van der Waals surface area contributed by atoms with E-state index in [9.17, 15) is 14.4 Å². The van der Waals surface area contributed by atoms with E-state index in [4.69, 9.17) is 5.11 Å². The first-order valence-electron chi connectivity index (χ1n) is 5.74. The summed E-state index contributed by atoms with van der Waals surface area (Å²) in [5.41, 5.74) is 0.391. The molecule has 3 amide bonds. The molecular weight excluding hydrogens is 264 g/mol. The van der Waals surface area contributed by atoms with Crippen molar-refractivity contribution in [2.24, 2.45) is 5.10 Å². The summed E-state index contributed by atoms with van der Waals surface area (Å²) in [4.78, 5) is 33.9. The standard InChI is InChI=1S/C12H12N4O4/c1-13-12(20)14-9-6-10(17)16(15-9)8-4-2-3-7(5-8)11(18)19/h2-5H,6H2,1H3,(H,18,19)(H2,13,14,15,20). The second kappa shape index (κ2) is 5.39. The van der Waals surface area contributed by atoms with Gasteiger partial charge in [-0.25, -0.2) is 9.59 Å². The average Bonchev–Trinajstić information content (AvgIpc) is 2.79. The summed E-state index contributed by atoms with van der Waals surface area (Å²) < 4.78 is 0. The smallest absolute Gasteiger partial charge is 0.335 e. The van der Waals surface area contributed by atoms with Gasteiger partial charge in [0.1, 0.15) is 5.84 Å².